The number of hydrogen-bond donors (Lipinski definition) is 1. The maximum Gasteiger partial charge on any atom is 0.212 e. The number of nitrogens with zero attached hydrogens (tertiary/aromatic N) is 4. The normalized spacial score (nSPS) is 11.8. The van der Waals surface area contributed by atoms with Crippen molar-refractivity contribution in [2.45, 2.75) is 6.54 Å². The van der Waals surface area contributed by atoms with E-state index in [1.807, 2.05) is 6.07 Å². The molecule has 0 amide bonds. The SMILES string of the molecule is O/N=c1\cnn(Cc2ccc(Cl)cc2Cl)cn1. The minimum absolute atomic E-state index is 0.156. The Hall–Kier alpha value is -1.59. The Morgan fingerprint density at radius 3 is 2.76 bits per heavy atom. The molecule has 7 heteroatoms. The standard InChI is InChI=1S/C10H8Cl2N4O/c11-8-2-1-7(9(12)3-8)5-16-6-13-10(15-17)4-14-16/h1-4,6,17H,5H2/b15-10+. The van der Waals surface area contributed by atoms with Gasteiger partial charge in [0.15, 0.2) is 0 Å². The van der Waals surface area contributed by atoms with Gasteiger partial charge in [0.2, 0.25) is 5.49 Å². The van der Waals surface area contributed by atoms with Crippen molar-refractivity contribution in [2.75, 3.05) is 0 Å². The Labute approximate surface area is 107 Å². The van der Waals surface area contributed by atoms with Crippen LogP contribution in [-0.4, -0.2) is 20.0 Å². The molecule has 0 atom stereocenters. The molecule has 0 fully saturated rings. The summed E-state index contributed by atoms with van der Waals surface area (Å²) in [6, 6.07) is 5.25. The van der Waals surface area contributed by atoms with E-state index in [0.29, 0.717) is 16.6 Å². The van der Waals surface area contributed by atoms with E-state index in [9.17, 15) is 0 Å². The molecule has 1 aromatic carbocycles. The van der Waals surface area contributed by atoms with E-state index < -0.39 is 0 Å². The molecule has 0 spiro atoms. The third kappa shape index (κ3) is 2.95. The van der Waals surface area contributed by atoms with E-state index in [1.54, 1.807) is 16.8 Å². The van der Waals surface area contributed by atoms with Gasteiger partial charge in [-0.1, -0.05) is 34.4 Å². The summed E-state index contributed by atoms with van der Waals surface area (Å²) in [5.74, 6) is 0. The fourth-order valence-corrected chi connectivity index (χ4v) is 1.74. The summed E-state index contributed by atoms with van der Waals surface area (Å²) in [6.07, 6.45) is 2.81. The minimum atomic E-state index is 0.156. The van der Waals surface area contributed by atoms with E-state index in [4.69, 9.17) is 28.4 Å². The van der Waals surface area contributed by atoms with Crippen molar-refractivity contribution in [3.05, 3.63) is 51.8 Å². The van der Waals surface area contributed by atoms with Gasteiger partial charge in [-0.25, -0.2) is 9.67 Å². The lowest BCUT2D eigenvalue weighted by atomic mass is 10.2. The lowest BCUT2D eigenvalue weighted by Crippen LogP contribution is -2.15. The Morgan fingerprint density at radius 1 is 1.35 bits per heavy atom. The fraction of sp³-hybridized carbons (Fsp3) is 0.100. The monoisotopic (exact) mass is 270 g/mol. The van der Waals surface area contributed by atoms with Crippen LogP contribution in [0.25, 0.3) is 0 Å². The summed E-state index contributed by atoms with van der Waals surface area (Å²) >= 11 is 11.8. The third-order valence-electron chi connectivity index (χ3n) is 2.09. The van der Waals surface area contributed by atoms with Gasteiger partial charge in [-0.3, -0.25) is 0 Å². The van der Waals surface area contributed by atoms with Crippen LogP contribution in [0.3, 0.4) is 0 Å². The molecule has 17 heavy (non-hydrogen) atoms. The second-order valence-electron chi connectivity index (χ2n) is 3.28. The molecule has 1 heterocycles. The van der Waals surface area contributed by atoms with Crippen LogP contribution in [0.5, 0.6) is 0 Å². The summed E-state index contributed by atoms with van der Waals surface area (Å²) in [4.78, 5) is 3.86. The van der Waals surface area contributed by atoms with E-state index in [1.165, 1.54) is 12.5 Å². The molecular weight excluding hydrogens is 263 g/mol. The fourth-order valence-electron chi connectivity index (χ4n) is 1.27. The first-order chi connectivity index (χ1) is 8.19. The summed E-state index contributed by atoms with van der Waals surface area (Å²) in [7, 11) is 0. The van der Waals surface area contributed by atoms with E-state index in [-0.39, 0.29) is 5.49 Å². The van der Waals surface area contributed by atoms with Gasteiger partial charge in [-0.05, 0) is 17.7 Å². The molecule has 0 radical (unpaired) electrons. The number of halogens is 2. The summed E-state index contributed by atoms with van der Waals surface area (Å²) < 4.78 is 1.57. The van der Waals surface area contributed by atoms with Gasteiger partial charge in [0.1, 0.15) is 6.33 Å². The molecule has 2 aromatic rings. The Balaban J connectivity index is 2.25. The predicted octanol–water partition coefficient (Wildman–Crippen LogP) is 1.92. The van der Waals surface area contributed by atoms with Crippen LogP contribution in [0.15, 0.2) is 35.9 Å². The van der Waals surface area contributed by atoms with Gasteiger partial charge in [0.25, 0.3) is 0 Å². The van der Waals surface area contributed by atoms with Crippen LogP contribution in [0, 0.1) is 0 Å². The van der Waals surface area contributed by atoms with Crippen LogP contribution >= 0.6 is 23.2 Å². The Morgan fingerprint density at radius 2 is 2.18 bits per heavy atom. The van der Waals surface area contributed by atoms with Crippen LogP contribution in [-0.2, 0) is 6.54 Å². The lowest BCUT2D eigenvalue weighted by Gasteiger charge is -2.06. The van der Waals surface area contributed by atoms with Crippen molar-refractivity contribution in [3.63, 3.8) is 0 Å². The lowest BCUT2D eigenvalue weighted by molar-refractivity contribution is 0.297. The zero-order chi connectivity index (χ0) is 12.3. The minimum Gasteiger partial charge on any atom is -0.409 e. The molecule has 5 nitrogen and oxygen atoms in total. The smallest absolute Gasteiger partial charge is 0.212 e. The third-order valence-corrected chi connectivity index (χ3v) is 2.68. The van der Waals surface area contributed by atoms with Crippen molar-refractivity contribution >= 4 is 23.2 Å². The highest BCUT2D eigenvalue weighted by molar-refractivity contribution is 6.35. The predicted molar refractivity (Wildman–Crippen MR) is 62.9 cm³/mol. The molecule has 1 N–H and O–H groups in total. The highest BCUT2D eigenvalue weighted by Crippen LogP contribution is 2.21. The van der Waals surface area contributed by atoms with E-state index in [2.05, 4.69) is 15.2 Å². The molecule has 0 bridgehead atoms. The quantitative estimate of drug-likeness (QED) is 0.670. The van der Waals surface area contributed by atoms with Crippen LogP contribution in [0.1, 0.15) is 5.56 Å². The summed E-state index contributed by atoms with van der Waals surface area (Å²) in [6.45, 7) is 0.467. The Bertz CT molecular complexity index is 577. The first-order valence-electron chi connectivity index (χ1n) is 4.70. The Kier molecular flexibility index (Phi) is 3.61. The zero-order valence-electron chi connectivity index (χ0n) is 8.59. The van der Waals surface area contributed by atoms with Crippen LogP contribution in [0.4, 0.5) is 0 Å². The average Bonchev–Trinajstić information content (AvgIpc) is 2.34. The molecule has 1 aromatic heterocycles. The van der Waals surface area contributed by atoms with Crippen molar-refractivity contribution in [1.29, 1.82) is 0 Å². The van der Waals surface area contributed by atoms with Gasteiger partial charge in [-0.2, -0.15) is 5.10 Å². The van der Waals surface area contributed by atoms with Gasteiger partial charge in [-0.15, -0.1) is 0 Å². The van der Waals surface area contributed by atoms with Crippen molar-refractivity contribution in [1.82, 2.24) is 14.8 Å². The second kappa shape index (κ2) is 5.16. The van der Waals surface area contributed by atoms with E-state index in [0.717, 1.165) is 5.56 Å². The molecule has 0 unspecified atom stereocenters. The molecule has 88 valence electrons. The van der Waals surface area contributed by atoms with Crippen molar-refractivity contribution in [2.24, 2.45) is 5.16 Å². The molecule has 2 rings (SSSR count). The van der Waals surface area contributed by atoms with Crippen molar-refractivity contribution in [3.8, 4) is 0 Å². The van der Waals surface area contributed by atoms with E-state index >= 15 is 0 Å². The second-order valence-corrected chi connectivity index (χ2v) is 4.12. The van der Waals surface area contributed by atoms with Crippen molar-refractivity contribution < 1.29 is 5.21 Å². The average molecular weight is 271 g/mol. The molecule has 0 aliphatic carbocycles. The largest absolute Gasteiger partial charge is 0.409 e. The topological polar surface area (TPSA) is 63.3 Å². The van der Waals surface area contributed by atoms with Gasteiger partial charge >= 0.3 is 0 Å². The first kappa shape index (κ1) is 11.9. The van der Waals surface area contributed by atoms with Gasteiger partial charge in [0.05, 0.1) is 12.7 Å². The number of rotatable bonds is 2. The highest BCUT2D eigenvalue weighted by atomic mass is 35.5. The van der Waals surface area contributed by atoms with Gasteiger partial charge < -0.3 is 5.21 Å². The maximum atomic E-state index is 8.47. The number of aromatic nitrogens is 3. The molecule has 0 aliphatic rings. The zero-order valence-corrected chi connectivity index (χ0v) is 10.1. The molecule has 0 aliphatic heterocycles. The molecule has 0 saturated carbocycles. The number of benzene rings is 1. The highest BCUT2D eigenvalue weighted by Gasteiger charge is 2.02. The molecular formula is C10H8Cl2N4O. The molecule has 0 saturated heterocycles. The maximum absolute atomic E-state index is 8.47. The first-order valence-corrected chi connectivity index (χ1v) is 5.45. The van der Waals surface area contributed by atoms with Crippen LogP contribution in [0.2, 0.25) is 10.0 Å². The summed E-state index contributed by atoms with van der Waals surface area (Å²) in [5.41, 5.74) is 1.03. The summed E-state index contributed by atoms with van der Waals surface area (Å²) in [5, 5.41) is 16.6. The van der Waals surface area contributed by atoms with Crippen LogP contribution < -0.4 is 5.49 Å². The number of hydrogen-bond acceptors (Lipinski definition) is 4. The van der Waals surface area contributed by atoms with Gasteiger partial charge in [0, 0.05) is 10.0 Å².